The SMILES string of the molecule is CCCN(C(=O)CCCNC(C)C)C1COCC1C(=O)O. The molecular formula is C15H28N2O4. The van der Waals surface area contributed by atoms with Gasteiger partial charge in [0.1, 0.15) is 5.92 Å². The second-order valence-corrected chi connectivity index (χ2v) is 5.85. The Labute approximate surface area is 126 Å². The highest BCUT2D eigenvalue weighted by Crippen LogP contribution is 2.21. The molecule has 1 aliphatic rings. The highest BCUT2D eigenvalue weighted by Gasteiger charge is 2.39. The maximum Gasteiger partial charge on any atom is 0.311 e. The van der Waals surface area contributed by atoms with Crippen molar-refractivity contribution < 1.29 is 19.4 Å². The summed E-state index contributed by atoms with van der Waals surface area (Å²) in [6.07, 6.45) is 2.03. The van der Waals surface area contributed by atoms with E-state index in [1.54, 1.807) is 4.90 Å². The van der Waals surface area contributed by atoms with Crippen molar-refractivity contribution in [2.75, 3.05) is 26.3 Å². The largest absolute Gasteiger partial charge is 0.481 e. The average Bonchev–Trinajstić information content (AvgIpc) is 2.89. The van der Waals surface area contributed by atoms with Gasteiger partial charge in [-0.2, -0.15) is 0 Å². The van der Waals surface area contributed by atoms with Crippen LogP contribution in [0, 0.1) is 5.92 Å². The van der Waals surface area contributed by atoms with Gasteiger partial charge in [0.05, 0.1) is 19.3 Å². The van der Waals surface area contributed by atoms with Crippen LogP contribution in [0.4, 0.5) is 0 Å². The molecule has 0 radical (unpaired) electrons. The van der Waals surface area contributed by atoms with Gasteiger partial charge in [0.15, 0.2) is 0 Å². The van der Waals surface area contributed by atoms with Gasteiger partial charge in [-0.3, -0.25) is 9.59 Å². The van der Waals surface area contributed by atoms with Gasteiger partial charge in [0, 0.05) is 19.0 Å². The predicted octanol–water partition coefficient (Wildman–Crippen LogP) is 1.10. The number of carbonyl (C=O) groups excluding carboxylic acids is 1. The van der Waals surface area contributed by atoms with Crippen molar-refractivity contribution in [2.45, 2.75) is 52.1 Å². The minimum atomic E-state index is -0.882. The number of hydrogen-bond acceptors (Lipinski definition) is 4. The molecule has 2 N–H and O–H groups in total. The lowest BCUT2D eigenvalue weighted by atomic mass is 10.0. The minimum Gasteiger partial charge on any atom is -0.481 e. The van der Waals surface area contributed by atoms with Gasteiger partial charge in [-0.05, 0) is 19.4 Å². The number of aliphatic carboxylic acids is 1. The van der Waals surface area contributed by atoms with Crippen molar-refractivity contribution in [2.24, 2.45) is 5.92 Å². The second-order valence-electron chi connectivity index (χ2n) is 5.85. The molecule has 0 aromatic heterocycles. The molecular weight excluding hydrogens is 272 g/mol. The normalized spacial score (nSPS) is 21.7. The number of carboxylic acids is 1. The van der Waals surface area contributed by atoms with E-state index in [4.69, 9.17) is 4.74 Å². The van der Waals surface area contributed by atoms with Crippen molar-refractivity contribution >= 4 is 11.9 Å². The molecule has 1 amide bonds. The lowest BCUT2D eigenvalue weighted by Gasteiger charge is -2.30. The summed E-state index contributed by atoms with van der Waals surface area (Å²) in [5.41, 5.74) is 0. The molecule has 2 atom stereocenters. The number of rotatable bonds is 9. The average molecular weight is 300 g/mol. The molecule has 1 saturated heterocycles. The summed E-state index contributed by atoms with van der Waals surface area (Å²) >= 11 is 0. The number of nitrogens with zero attached hydrogens (tertiary/aromatic N) is 1. The van der Waals surface area contributed by atoms with Crippen molar-refractivity contribution in [1.82, 2.24) is 10.2 Å². The van der Waals surface area contributed by atoms with Crippen LogP contribution in [0.2, 0.25) is 0 Å². The van der Waals surface area contributed by atoms with E-state index in [-0.39, 0.29) is 18.6 Å². The molecule has 21 heavy (non-hydrogen) atoms. The summed E-state index contributed by atoms with van der Waals surface area (Å²) in [5, 5.41) is 12.5. The molecule has 6 nitrogen and oxygen atoms in total. The number of amides is 1. The fourth-order valence-electron chi connectivity index (χ4n) is 2.58. The standard InChI is InChI=1S/C15H28N2O4/c1-4-8-17(13-10-21-9-12(13)15(19)20)14(18)6-5-7-16-11(2)3/h11-13,16H,4-10H2,1-3H3,(H,19,20). The molecule has 1 aliphatic heterocycles. The molecule has 1 rings (SSSR count). The van der Waals surface area contributed by atoms with Gasteiger partial charge < -0.3 is 20.1 Å². The van der Waals surface area contributed by atoms with Crippen LogP contribution in [0.15, 0.2) is 0 Å². The van der Waals surface area contributed by atoms with E-state index in [9.17, 15) is 14.7 Å². The van der Waals surface area contributed by atoms with Gasteiger partial charge >= 0.3 is 5.97 Å². The van der Waals surface area contributed by atoms with Crippen LogP contribution >= 0.6 is 0 Å². The Morgan fingerprint density at radius 2 is 2.10 bits per heavy atom. The first-order valence-corrected chi connectivity index (χ1v) is 7.80. The smallest absolute Gasteiger partial charge is 0.311 e. The van der Waals surface area contributed by atoms with E-state index in [0.29, 0.717) is 25.6 Å². The Morgan fingerprint density at radius 1 is 1.38 bits per heavy atom. The van der Waals surface area contributed by atoms with Gasteiger partial charge in [-0.25, -0.2) is 0 Å². The number of nitrogens with one attached hydrogen (secondary N) is 1. The van der Waals surface area contributed by atoms with Crippen molar-refractivity contribution in [1.29, 1.82) is 0 Å². The summed E-state index contributed by atoms with van der Waals surface area (Å²) < 4.78 is 5.28. The highest BCUT2D eigenvalue weighted by molar-refractivity contribution is 5.78. The zero-order valence-corrected chi connectivity index (χ0v) is 13.3. The third-order valence-corrected chi connectivity index (χ3v) is 3.67. The molecule has 1 fully saturated rings. The lowest BCUT2D eigenvalue weighted by Crippen LogP contribution is -2.47. The maximum atomic E-state index is 12.4. The molecule has 0 aromatic carbocycles. The Balaban J connectivity index is 2.55. The number of carboxylic acid groups (broad SMARTS) is 1. The van der Waals surface area contributed by atoms with Gasteiger partial charge in [0.2, 0.25) is 5.91 Å². The number of carbonyl (C=O) groups is 2. The van der Waals surface area contributed by atoms with E-state index in [1.165, 1.54) is 0 Å². The summed E-state index contributed by atoms with van der Waals surface area (Å²) in [4.78, 5) is 25.3. The van der Waals surface area contributed by atoms with E-state index in [2.05, 4.69) is 19.2 Å². The second kappa shape index (κ2) is 9.00. The highest BCUT2D eigenvalue weighted by atomic mass is 16.5. The van der Waals surface area contributed by atoms with Gasteiger partial charge in [-0.1, -0.05) is 20.8 Å². The summed E-state index contributed by atoms with van der Waals surface area (Å²) in [6.45, 7) is 8.04. The molecule has 0 saturated carbocycles. The molecule has 122 valence electrons. The summed E-state index contributed by atoms with van der Waals surface area (Å²) in [7, 11) is 0. The molecule has 2 unspecified atom stereocenters. The van der Waals surface area contributed by atoms with E-state index < -0.39 is 11.9 Å². The van der Waals surface area contributed by atoms with Gasteiger partial charge in [-0.15, -0.1) is 0 Å². The zero-order chi connectivity index (χ0) is 15.8. The van der Waals surface area contributed by atoms with Crippen LogP contribution in [0.25, 0.3) is 0 Å². The van der Waals surface area contributed by atoms with Gasteiger partial charge in [0.25, 0.3) is 0 Å². The van der Waals surface area contributed by atoms with E-state index >= 15 is 0 Å². The molecule has 0 aromatic rings. The quantitative estimate of drug-likeness (QED) is 0.624. The molecule has 0 aliphatic carbocycles. The maximum absolute atomic E-state index is 12.4. The van der Waals surface area contributed by atoms with Crippen LogP contribution in [-0.4, -0.2) is 60.3 Å². The Hall–Kier alpha value is -1.14. The fraction of sp³-hybridized carbons (Fsp3) is 0.867. The van der Waals surface area contributed by atoms with Crippen LogP contribution in [0.3, 0.4) is 0 Å². The van der Waals surface area contributed by atoms with Crippen LogP contribution in [-0.2, 0) is 14.3 Å². The number of hydrogen-bond donors (Lipinski definition) is 2. The zero-order valence-electron chi connectivity index (χ0n) is 13.3. The molecule has 0 bridgehead atoms. The topological polar surface area (TPSA) is 78.9 Å². The van der Waals surface area contributed by atoms with E-state index in [1.807, 2.05) is 6.92 Å². The third kappa shape index (κ3) is 5.63. The Bertz CT molecular complexity index is 347. The van der Waals surface area contributed by atoms with E-state index in [0.717, 1.165) is 19.4 Å². The summed E-state index contributed by atoms with van der Waals surface area (Å²) in [5.74, 6) is -1.45. The minimum absolute atomic E-state index is 0.0316. The van der Waals surface area contributed by atoms with Crippen LogP contribution < -0.4 is 5.32 Å². The first kappa shape index (κ1) is 17.9. The first-order chi connectivity index (χ1) is 9.97. The third-order valence-electron chi connectivity index (χ3n) is 3.67. The van der Waals surface area contributed by atoms with Crippen LogP contribution in [0.1, 0.15) is 40.0 Å². The molecule has 0 spiro atoms. The molecule has 6 heteroatoms. The predicted molar refractivity (Wildman–Crippen MR) is 80.1 cm³/mol. The van der Waals surface area contributed by atoms with Crippen molar-refractivity contribution in [3.05, 3.63) is 0 Å². The van der Waals surface area contributed by atoms with Crippen molar-refractivity contribution in [3.8, 4) is 0 Å². The fourth-order valence-corrected chi connectivity index (χ4v) is 2.58. The first-order valence-electron chi connectivity index (χ1n) is 7.80. The Kier molecular flexibility index (Phi) is 7.67. The number of ether oxygens (including phenoxy) is 1. The molecule has 1 heterocycles. The Morgan fingerprint density at radius 3 is 2.67 bits per heavy atom. The summed E-state index contributed by atoms with van der Waals surface area (Å²) in [6, 6.07) is 0.0828. The van der Waals surface area contributed by atoms with Crippen LogP contribution in [0.5, 0.6) is 0 Å². The lowest BCUT2D eigenvalue weighted by molar-refractivity contribution is -0.145. The van der Waals surface area contributed by atoms with Crippen molar-refractivity contribution in [3.63, 3.8) is 0 Å². The monoisotopic (exact) mass is 300 g/mol.